The molecule has 1 saturated carbocycles. The number of hydrogen-bond donors (Lipinski definition) is 0. The quantitative estimate of drug-likeness (QED) is 0.807. The van der Waals surface area contributed by atoms with Crippen LogP contribution in [0.15, 0.2) is 48.5 Å². The molecule has 1 saturated heterocycles. The van der Waals surface area contributed by atoms with Crippen molar-refractivity contribution >= 4 is 5.91 Å². The Morgan fingerprint density at radius 1 is 1.15 bits per heavy atom. The minimum atomic E-state index is -0.329. The summed E-state index contributed by atoms with van der Waals surface area (Å²) in [5.74, 6) is 1.59. The first kappa shape index (κ1) is 17.8. The molecule has 2 aliphatic rings. The molecule has 0 unspecified atom stereocenters. The van der Waals surface area contributed by atoms with Crippen LogP contribution in [-0.4, -0.2) is 37.1 Å². The molecule has 1 heterocycles. The summed E-state index contributed by atoms with van der Waals surface area (Å²) in [4.78, 5) is 14.7. The second-order valence-electron chi connectivity index (χ2n) is 7.42. The smallest absolute Gasteiger partial charge is 0.227 e. The SMILES string of the molecule is COc1cccc(CC(=O)N2C[C@@H]3CC[C@H](Oc4ccccc4F)[C@@H]3C2)c1. The summed E-state index contributed by atoms with van der Waals surface area (Å²) in [6.45, 7) is 1.46. The fourth-order valence-corrected chi connectivity index (χ4v) is 4.34. The van der Waals surface area contributed by atoms with Gasteiger partial charge in [0.2, 0.25) is 5.91 Å². The summed E-state index contributed by atoms with van der Waals surface area (Å²) in [6, 6.07) is 14.2. The minimum Gasteiger partial charge on any atom is -0.497 e. The summed E-state index contributed by atoms with van der Waals surface area (Å²) in [5.41, 5.74) is 0.954. The molecular weight excluding hydrogens is 345 g/mol. The van der Waals surface area contributed by atoms with E-state index in [2.05, 4.69) is 0 Å². The minimum absolute atomic E-state index is 0.0264. The van der Waals surface area contributed by atoms with Crippen LogP contribution in [0.2, 0.25) is 0 Å². The maximum absolute atomic E-state index is 13.9. The number of benzene rings is 2. The number of halogens is 1. The highest BCUT2D eigenvalue weighted by atomic mass is 19.1. The summed E-state index contributed by atoms with van der Waals surface area (Å²) in [7, 11) is 1.62. The molecule has 0 bridgehead atoms. The van der Waals surface area contributed by atoms with Crippen LogP contribution in [0.5, 0.6) is 11.5 Å². The molecular formula is C22H24FNO3. The lowest BCUT2D eigenvalue weighted by molar-refractivity contribution is -0.129. The second kappa shape index (κ2) is 7.59. The Bertz CT molecular complexity index is 825. The first-order valence-corrected chi connectivity index (χ1v) is 9.46. The highest BCUT2D eigenvalue weighted by Gasteiger charge is 2.45. The van der Waals surface area contributed by atoms with E-state index >= 15 is 0 Å². The molecule has 142 valence electrons. The standard InChI is InChI=1S/C22H24FNO3/c1-26-17-6-4-5-15(11-17)12-22(25)24-13-16-9-10-20(18(16)14-24)27-21-8-3-2-7-19(21)23/h2-8,11,16,18,20H,9-10,12-14H2,1H3/t16-,18+,20-/m0/s1. The van der Waals surface area contributed by atoms with Gasteiger partial charge in [0.25, 0.3) is 0 Å². The van der Waals surface area contributed by atoms with Crippen LogP contribution in [-0.2, 0) is 11.2 Å². The van der Waals surface area contributed by atoms with Gasteiger partial charge < -0.3 is 14.4 Å². The van der Waals surface area contributed by atoms with Crippen molar-refractivity contribution in [2.24, 2.45) is 11.8 Å². The van der Waals surface area contributed by atoms with Gasteiger partial charge in [-0.2, -0.15) is 0 Å². The second-order valence-corrected chi connectivity index (χ2v) is 7.42. The number of amides is 1. The Morgan fingerprint density at radius 2 is 2.00 bits per heavy atom. The topological polar surface area (TPSA) is 38.8 Å². The largest absolute Gasteiger partial charge is 0.497 e. The Kier molecular flexibility index (Phi) is 5.01. The number of rotatable bonds is 5. The molecule has 1 amide bonds. The lowest BCUT2D eigenvalue weighted by atomic mass is 9.99. The molecule has 2 fully saturated rings. The van der Waals surface area contributed by atoms with Gasteiger partial charge in [0.05, 0.1) is 13.5 Å². The van der Waals surface area contributed by atoms with Crippen molar-refractivity contribution in [2.75, 3.05) is 20.2 Å². The summed E-state index contributed by atoms with van der Waals surface area (Å²) in [6.07, 6.45) is 2.28. The van der Waals surface area contributed by atoms with E-state index in [4.69, 9.17) is 9.47 Å². The van der Waals surface area contributed by atoms with Gasteiger partial charge in [-0.3, -0.25) is 4.79 Å². The van der Waals surface area contributed by atoms with E-state index in [1.54, 1.807) is 25.3 Å². The predicted octanol–water partition coefficient (Wildman–Crippen LogP) is 3.69. The van der Waals surface area contributed by atoms with Gasteiger partial charge in [-0.25, -0.2) is 4.39 Å². The molecule has 2 aromatic rings. The maximum Gasteiger partial charge on any atom is 0.227 e. The summed E-state index contributed by atoms with van der Waals surface area (Å²) < 4.78 is 25.1. The normalized spacial score (nSPS) is 23.9. The number of fused-ring (bicyclic) bond motifs is 1. The number of likely N-dealkylation sites (tertiary alicyclic amines) is 1. The van der Waals surface area contributed by atoms with Crippen molar-refractivity contribution in [1.29, 1.82) is 0 Å². The van der Waals surface area contributed by atoms with Gasteiger partial charge >= 0.3 is 0 Å². The van der Waals surface area contributed by atoms with Crippen molar-refractivity contribution in [3.05, 3.63) is 59.9 Å². The maximum atomic E-state index is 13.9. The molecule has 0 spiro atoms. The Balaban J connectivity index is 1.39. The van der Waals surface area contributed by atoms with Gasteiger partial charge in [-0.05, 0) is 48.6 Å². The van der Waals surface area contributed by atoms with Crippen LogP contribution in [0, 0.1) is 17.7 Å². The van der Waals surface area contributed by atoms with E-state index in [0.29, 0.717) is 24.6 Å². The number of hydrogen-bond acceptors (Lipinski definition) is 3. The molecule has 0 radical (unpaired) electrons. The van der Waals surface area contributed by atoms with Crippen LogP contribution < -0.4 is 9.47 Å². The number of carbonyl (C=O) groups excluding carboxylic acids is 1. The average Bonchev–Trinajstić information content (AvgIpc) is 3.26. The first-order valence-electron chi connectivity index (χ1n) is 9.46. The van der Waals surface area contributed by atoms with Crippen LogP contribution in [0.1, 0.15) is 18.4 Å². The molecule has 1 aliphatic heterocycles. The Hall–Kier alpha value is -2.56. The van der Waals surface area contributed by atoms with E-state index < -0.39 is 0 Å². The highest BCUT2D eigenvalue weighted by molar-refractivity contribution is 5.79. The lowest BCUT2D eigenvalue weighted by Gasteiger charge is -2.22. The average molecular weight is 369 g/mol. The van der Waals surface area contributed by atoms with E-state index in [0.717, 1.165) is 30.7 Å². The number of para-hydroxylation sites is 1. The molecule has 2 aromatic carbocycles. The van der Waals surface area contributed by atoms with Gasteiger partial charge in [0, 0.05) is 19.0 Å². The van der Waals surface area contributed by atoms with E-state index in [1.165, 1.54) is 6.07 Å². The van der Waals surface area contributed by atoms with Crippen LogP contribution in [0.3, 0.4) is 0 Å². The van der Waals surface area contributed by atoms with Crippen molar-refractivity contribution in [3.63, 3.8) is 0 Å². The van der Waals surface area contributed by atoms with E-state index in [-0.39, 0.29) is 23.7 Å². The monoisotopic (exact) mass is 369 g/mol. The van der Waals surface area contributed by atoms with Crippen LogP contribution >= 0.6 is 0 Å². The lowest BCUT2D eigenvalue weighted by Crippen LogP contribution is -2.33. The number of carbonyl (C=O) groups is 1. The fraction of sp³-hybridized carbons (Fsp3) is 0.409. The Morgan fingerprint density at radius 3 is 2.81 bits per heavy atom. The van der Waals surface area contributed by atoms with Crippen molar-refractivity contribution in [1.82, 2.24) is 4.90 Å². The third kappa shape index (κ3) is 3.77. The summed E-state index contributed by atoms with van der Waals surface area (Å²) in [5, 5.41) is 0. The zero-order valence-electron chi connectivity index (χ0n) is 15.4. The van der Waals surface area contributed by atoms with Gasteiger partial charge in [-0.1, -0.05) is 24.3 Å². The predicted molar refractivity (Wildman–Crippen MR) is 100 cm³/mol. The van der Waals surface area contributed by atoms with Crippen molar-refractivity contribution < 1.29 is 18.7 Å². The molecule has 27 heavy (non-hydrogen) atoms. The number of methoxy groups -OCH3 is 1. The Labute approximate surface area is 158 Å². The molecule has 0 N–H and O–H groups in total. The third-order valence-electron chi connectivity index (χ3n) is 5.75. The summed E-state index contributed by atoms with van der Waals surface area (Å²) >= 11 is 0. The molecule has 4 nitrogen and oxygen atoms in total. The first-order chi connectivity index (χ1) is 13.1. The highest BCUT2D eigenvalue weighted by Crippen LogP contribution is 2.40. The van der Waals surface area contributed by atoms with E-state index in [9.17, 15) is 9.18 Å². The molecule has 4 rings (SSSR count). The van der Waals surface area contributed by atoms with E-state index in [1.807, 2.05) is 29.2 Å². The van der Waals surface area contributed by atoms with Gasteiger partial charge in [-0.15, -0.1) is 0 Å². The fourth-order valence-electron chi connectivity index (χ4n) is 4.34. The molecule has 0 aromatic heterocycles. The molecule has 3 atom stereocenters. The van der Waals surface area contributed by atoms with Crippen molar-refractivity contribution in [3.8, 4) is 11.5 Å². The molecule has 5 heteroatoms. The van der Waals surface area contributed by atoms with Gasteiger partial charge in [0.1, 0.15) is 11.9 Å². The zero-order valence-corrected chi connectivity index (χ0v) is 15.4. The van der Waals surface area contributed by atoms with Gasteiger partial charge in [0.15, 0.2) is 11.6 Å². The van der Waals surface area contributed by atoms with Crippen molar-refractivity contribution in [2.45, 2.75) is 25.4 Å². The number of nitrogens with zero attached hydrogens (tertiary/aromatic N) is 1. The number of ether oxygens (including phenoxy) is 2. The molecule has 1 aliphatic carbocycles. The zero-order chi connectivity index (χ0) is 18.8. The third-order valence-corrected chi connectivity index (χ3v) is 5.75. The van der Waals surface area contributed by atoms with Crippen LogP contribution in [0.25, 0.3) is 0 Å². The van der Waals surface area contributed by atoms with Crippen LogP contribution in [0.4, 0.5) is 4.39 Å².